The van der Waals surface area contributed by atoms with Crippen molar-refractivity contribution in [3.05, 3.63) is 34.3 Å². The lowest BCUT2D eigenvalue weighted by Crippen LogP contribution is -2.50. The second-order valence-corrected chi connectivity index (χ2v) is 6.33. The van der Waals surface area contributed by atoms with Crippen LogP contribution in [0.5, 0.6) is 0 Å². The van der Waals surface area contributed by atoms with Gasteiger partial charge in [0, 0.05) is 24.4 Å². The third kappa shape index (κ3) is 3.53. The van der Waals surface area contributed by atoms with Gasteiger partial charge in [-0.1, -0.05) is 28.1 Å². The SMILES string of the molecule is CN1N=C(C(=O)NC(C)(CO)c2ccc(Br)cc2)CCC1=O. The average molecular weight is 368 g/mol. The molecule has 0 radical (unpaired) electrons. The van der Waals surface area contributed by atoms with E-state index in [1.807, 2.05) is 24.3 Å². The van der Waals surface area contributed by atoms with E-state index in [-0.39, 0.29) is 24.8 Å². The van der Waals surface area contributed by atoms with Crippen molar-refractivity contribution in [3.63, 3.8) is 0 Å². The molecule has 22 heavy (non-hydrogen) atoms. The Hall–Kier alpha value is -1.73. The minimum atomic E-state index is -0.916. The molecule has 1 aromatic carbocycles. The van der Waals surface area contributed by atoms with Crippen molar-refractivity contribution in [3.8, 4) is 0 Å². The van der Waals surface area contributed by atoms with Crippen LogP contribution < -0.4 is 5.32 Å². The van der Waals surface area contributed by atoms with Gasteiger partial charge in [0.1, 0.15) is 5.71 Å². The van der Waals surface area contributed by atoms with Crippen molar-refractivity contribution >= 4 is 33.5 Å². The zero-order valence-corrected chi connectivity index (χ0v) is 14.1. The average Bonchev–Trinajstić information content (AvgIpc) is 2.50. The highest BCUT2D eigenvalue weighted by Crippen LogP contribution is 2.23. The fourth-order valence-corrected chi connectivity index (χ4v) is 2.44. The first kappa shape index (κ1) is 16.6. The Morgan fingerprint density at radius 2 is 2.05 bits per heavy atom. The molecule has 1 aliphatic heterocycles. The second kappa shape index (κ2) is 6.58. The van der Waals surface area contributed by atoms with Gasteiger partial charge in [0.25, 0.3) is 5.91 Å². The number of aliphatic hydroxyl groups is 1. The molecule has 0 saturated carbocycles. The molecule has 0 spiro atoms. The molecular weight excluding hydrogens is 350 g/mol. The normalized spacial score (nSPS) is 17.7. The number of nitrogens with one attached hydrogen (secondary N) is 1. The van der Waals surface area contributed by atoms with Crippen molar-refractivity contribution in [2.24, 2.45) is 5.10 Å². The van der Waals surface area contributed by atoms with Gasteiger partial charge in [0.15, 0.2) is 0 Å². The minimum Gasteiger partial charge on any atom is -0.394 e. The van der Waals surface area contributed by atoms with E-state index in [1.165, 1.54) is 12.1 Å². The van der Waals surface area contributed by atoms with Gasteiger partial charge >= 0.3 is 0 Å². The molecule has 118 valence electrons. The van der Waals surface area contributed by atoms with Crippen LogP contribution in [0.15, 0.2) is 33.8 Å². The topological polar surface area (TPSA) is 82.0 Å². The molecule has 0 aromatic heterocycles. The molecule has 1 aromatic rings. The number of hydrogen-bond donors (Lipinski definition) is 2. The summed E-state index contributed by atoms with van der Waals surface area (Å²) in [5, 5.41) is 17.7. The monoisotopic (exact) mass is 367 g/mol. The third-order valence-corrected chi connectivity index (χ3v) is 4.19. The predicted octanol–water partition coefficient (Wildman–Crippen LogP) is 1.38. The summed E-state index contributed by atoms with van der Waals surface area (Å²) in [4.78, 5) is 23.8. The molecule has 0 saturated heterocycles. The number of benzene rings is 1. The molecule has 0 bridgehead atoms. The molecule has 1 unspecified atom stereocenters. The van der Waals surface area contributed by atoms with Gasteiger partial charge in [0.2, 0.25) is 5.91 Å². The number of hydrazone groups is 1. The fraction of sp³-hybridized carbons (Fsp3) is 0.400. The zero-order valence-electron chi connectivity index (χ0n) is 12.5. The van der Waals surface area contributed by atoms with E-state index in [9.17, 15) is 14.7 Å². The third-order valence-electron chi connectivity index (χ3n) is 3.66. The maximum atomic E-state index is 12.4. The number of hydrogen-bond acceptors (Lipinski definition) is 4. The van der Waals surface area contributed by atoms with Crippen LogP contribution in [-0.4, -0.2) is 41.3 Å². The number of halogens is 1. The number of carbonyl (C=O) groups excluding carboxylic acids is 2. The smallest absolute Gasteiger partial charge is 0.268 e. The highest BCUT2D eigenvalue weighted by atomic mass is 79.9. The number of carbonyl (C=O) groups is 2. The fourth-order valence-electron chi connectivity index (χ4n) is 2.18. The van der Waals surface area contributed by atoms with Gasteiger partial charge in [0.05, 0.1) is 12.1 Å². The first-order valence-corrected chi connectivity index (χ1v) is 7.68. The van der Waals surface area contributed by atoms with Crippen molar-refractivity contribution in [1.29, 1.82) is 0 Å². The summed E-state index contributed by atoms with van der Waals surface area (Å²) in [6.07, 6.45) is 0.563. The second-order valence-electron chi connectivity index (χ2n) is 5.42. The molecule has 2 N–H and O–H groups in total. The van der Waals surface area contributed by atoms with Gasteiger partial charge < -0.3 is 10.4 Å². The Morgan fingerprint density at radius 1 is 1.41 bits per heavy atom. The van der Waals surface area contributed by atoms with Crippen LogP contribution in [0.2, 0.25) is 0 Å². The number of amides is 2. The lowest BCUT2D eigenvalue weighted by Gasteiger charge is -2.30. The summed E-state index contributed by atoms with van der Waals surface area (Å²) >= 11 is 3.35. The van der Waals surface area contributed by atoms with Crippen LogP contribution >= 0.6 is 15.9 Å². The number of rotatable bonds is 4. The van der Waals surface area contributed by atoms with Crippen LogP contribution in [0.25, 0.3) is 0 Å². The zero-order chi connectivity index (χ0) is 16.3. The highest BCUT2D eigenvalue weighted by molar-refractivity contribution is 9.10. The Labute approximate surface area is 137 Å². The minimum absolute atomic E-state index is 0.116. The van der Waals surface area contributed by atoms with E-state index in [2.05, 4.69) is 26.3 Å². The van der Waals surface area contributed by atoms with E-state index >= 15 is 0 Å². The van der Waals surface area contributed by atoms with Crippen LogP contribution in [0.4, 0.5) is 0 Å². The van der Waals surface area contributed by atoms with E-state index in [0.717, 1.165) is 10.0 Å². The lowest BCUT2D eigenvalue weighted by atomic mass is 9.92. The standard InChI is InChI=1S/C15H18BrN3O3/c1-15(9-20,10-3-5-11(16)6-4-10)17-14(22)12-7-8-13(21)19(2)18-12/h3-6,20H,7-9H2,1-2H3,(H,17,22). The Bertz CT molecular complexity index is 615. The predicted molar refractivity (Wildman–Crippen MR) is 86.2 cm³/mol. The van der Waals surface area contributed by atoms with Gasteiger partial charge in [-0.2, -0.15) is 5.10 Å². The summed E-state index contributed by atoms with van der Waals surface area (Å²) in [7, 11) is 1.52. The van der Waals surface area contributed by atoms with Crippen LogP contribution in [0.1, 0.15) is 25.3 Å². The summed E-state index contributed by atoms with van der Waals surface area (Å²) in [6, 6.07) is 7.36. The Balaban J connectivity index is 2.19. The molecule has 6 nitrogen and oxygen atoms in total. The largest absolute Gasteiger partial charge is 0.394 e. The van der Waals surface area contributed by atoms with Gasteiger partial charge in [-0.25, -0.2) is 5.01 Å². The molecule has 1 atom stereocenters. The molecule has 0 fully saturated rings. The van der Waals surface area contributed by atoms with Crippen LogP contribution in [-0.2, 0) is 15.1 Å². The summed E-state index contributed by atoms with van der Waals surface area (Å²) in [5.74, 6) is -0.492. The number of nitrogens with zero attached hydrogens (tertiary/aromatic N) is 2. The van der Waals surface area contributed by atoms with Gasteiger partial charge in [-0.3, -0.25) is 9.59 Å². The van der Waals surface area contributed by atoms with E-state index in [1.54, 1.807) is 6.92 Å². The van der Waals surface area contributed by atoms with Crippen molar-refractivity contribution in [1.82, 2.24) is 10.3 Å². The maximum Gasteiger partial charge on any atom is 0.268 e. The number of aliphatic hydroxyl groups excluding tert-OH is 1. The summed E-state index contributed by atoms with van der Waals surface area (Å²) < 4.78 is 0.916. The van der Waals surface area contributed by atoms with Crippen LogP contribution in [0.3, 0.4) is 0 Å². The van der Waals surface area contributed by atoms with E-state index in [4.69, 9.17) is 0 Å². The molecule has 2 rings (SSSR count). The molecule has 1 aliphatic rings. The van der Waals surface area contributed by atoms with Gasteiger partial charge in [-0.15, -0.1) is 0 Å². The van der Waals surface area contributed by atoms with Crippen molar-refractivity contribution in [2.75, 3.05) is 13.7 Å². The lowest BCUT2D eigenvalue weighted by molar-refractivity contribution is -0.130. The summed E-state index contributed by atoms with van der Waals surface area (Å²) in [6.45, 7) is 1.49. The van der Waals surface area contributed by atoms with Gasteiger partial charge in [-0.05, 0) is 24.6 Å². The van der Waals surface area contributed by atoms with E-state index < -0.39 is 5.54 Å². The maximum absolute atomic E-state index is 12.4. The molecular formula is C15H18BrN3O3. The molecule has 2 amide bonds. The van der Waals surface area contributed by atoms with E-state index in [0.29, 0.717) is 12.1 Å². The van der Waals surface area contributed by atoms with Crippen LogP contribution in [0, 0.1) is 0 Å². The molecule has 1 heterocycles. The first-order valence-electron chi connectivity index (χ1n) is 6.89. The summed E-state index contributed by atoms with van der Waals surface area (Å²) in [5.41, 5.74) is 0.159. The first-order chi connectivity index (χ1) is 10.4. The molecule has 7 heteroatoms. The Morgan fingerprint density at radius 3 is 2.59 bits per heavy atom. The van der Waals surface area contributed by atoms with Crippen molar-refractivity contribution in [2.45, 2.75) is 25.3 Å². The quantitative estimate of drug-likeness (QED) is 0.843. The van der Waals surface area contributed by atoms with Crippen molar-refractivity contribution < 1.29 is 14.7 Å². The molecule has 0 aliphatic carbocycles. The highest BCUT2D eigenvalue weighted by Gasteiger charge is 2.31. The Kier molecular flexibility index (Phi) is 4.97.